The monoisotopic (exact) mass is 281 g/mol. The van der Waals surface area contributed by atoms with Crippen LogP contribution >= 0.6 is 0 Å². The van der Waals surface area contributed by atoms with Crippen molar-refractivity contribution in [3.8, 4) is 0 Å². The molecule has 1 aromatic carbocycles. The van der Waals surface area contributed by atoms with Crippen LogP contribution in [0.15, 0.2) is 18.2 Å². The van der Waals surface area contributed by atoms with E-state index in [2.05, 4.69) is 4.90 Å². The van der Waals surface area contributed by atoms with Crippen molar-refractivity contribution in [1.82, 2.24) is 10.3 Å². The molecule has 1 fully saturated rings. The van der Waals surface area contributed by atoms with Crippen LogP contribution in [-0.4, -0.2) is 35.1 Å². The zero-order valence-electron chi connectivity index (χ0n) is 11.5. The van der Waals surface area contributed by atoms with Crippen molar-refractivity contribution in [3.05, 3.63) is 35.1 Å². The van der Waals surface area contributed by atoms with Gasteiger partial charge in [0.2, 0.25) is 0 Å². The summed E-state index contributed by atoms with van der Waals surface area (Å²) >= 11 is 0. The zero-order valence-corrected chi connectivity index (χ0v) is 11.5. The number of nitrogen functional groups attached to an aromatic ring is 1. The molecule has 6 heteroatoms. The van der Waals surface area contributed by atoms with Crippen LogP contribution < -0.4 is 11.3 Å². The fourth-order valence-corrected chi connectivity index (χ4v) is 2.56. The third-order valence-corrected chi connectivity index (χ3v) is 3.82. The molecule has 110 valence electrons. The summed E-state index contributed by atoms with van der Waals surface area (Å²) in [6.45, 7) is 3.77. The summed E-state index contributed by atoms with van der Waals surface area (Å²) in [5.41, 5.74) is 2.85. The number of amides is 1. The largest absolute Gasteiger partial charge is 0.393 e. The molecule has 1 aromatic rings. The Morgan fingerprint density at radius 3 is 3.00 bits per heavy atom. The Bertz CT molecular complexity index is 493. The highest BCUT2D eigenvalue weighted by Gasteiger charge is 2.26. The first kappa shape index (κ1) is 14.9. The van der Waals surface area contributed by atoms with E-state index in [0.29, 0.717) is 17.7 Å². The lowest BCUT2D eigenvalue weighted by Gasteiger charge is -2.18. The van der Waals surface area contributed by atoms with Gasteiger partial charge in [-0.1, -0.05) is 0 Å². The smallest absolute Gasteiger partial charge is 0.265 e. The van der Waals surface area contributed by atoms with Crippen LogP contribution in [0.3, 0.4) is 0 Å². The Morgan fingerprint density at radius 2 is 2.40 bits per heavy atom. The second-order valence-corrected chi connectivity index (χ2v) is 5.30. The number of aliphatic hydroxyl groups is 1. The van der Waals surface area contributed by atoms with Gasteiger partial charge < -0.3 is 5.11 Å². The lowest BCUT2D eigenvalue weighted by Crippen LogP contribution is -2.30. The van der Waals surface area contributed by atoms with E-state index in [1.807, 2.05) is 5.43 Å². The van der Waals surface area contributed by atoms with Gasteiger partial charge in [-0.05, 0) is 44.0 Å². The minimum atomic E-state index is -0.436. The molecule has 2 rings (SSSR count). The number of nitrogens with two attached hydrogens (primary N) is 1. The second kappa shape index (κ2) is 6.30. The quantitative estimate of drug-likeness (QED) is 0.430. The van der Waals surface area contributed by atoms with E-state index >= 15 is 0 Å². The first-order chi connectivity index (χ1) is 9.51. The molecule has 1 amide bonds. The van der Waals surface area contributed by atoms with E-state index < -0.39 is 5.91 Å². The summed E-state index contributed by atoms with van der Waals surface area (Å²) in [6.07, 6.45) is 0.557. The molecule has 5 nitrogen and oxygen atoms in total. The molecule has 1 saturated heterocycles. The number of rotatable bonds is 4. The van der Waals surface area contributed by atoms with Gasteiger partial charge in [0.05, 0.1) is 6.10 Å². The molecule has 0 saturated carbocycles. The fourth-order valence-electron chi connectivity index (χ4n) is 2.56. The van der Waals surface area contributed by atoms with Gasteiger partial charge >= 0.3 is 0 Å². The number of carbonyl (C=O) groups excluding carboxylic acids is 1. The van der Waals surface area contributed by atoms with Crippen LogP contribution in [-0.2, 0) is 6.54 Å². The minimum absolute atomic E-state index is 0.230. The number of aliphatic hydroxyl groups excluding tert-OH is 1. The molecule has 0 aliphatic carbocycles. The van der Waals surface area contributed by atoms with Gasteiger partial charge in [0.15, 0.2) is 0 Å². The van der Waals surface area contributed by atoms with Gasteiger partial charge in [0.1, 0.15) is 5.82 Å². The molecular formula is C14H20FN3O2. The molecule has 4 N–H and O–H groups in total. The SMILES string of the molecule is CC(O)C1CCN(Cc2cc(C(=O)NN)ccc2F)C1. The molecule has 0 spiro atoms. The van der Waals surface area contributed by atoms with Gasteiger partial charge in [-0.25, -0.2) is 10.2 Å². The summed E-state index contributed by atoms with van der Waals surface area (Å²) in [4.78, 5) is 13.5. The number of hydrogen-bond acceptors (Lipinski definition) is 4. The van der Waals surface area contributed by atoms with Gasteiger partial charge in [-0.3, -0.25) is 15.1 Å². The predicted octanol–water partition coefficient (Wildman–Crippen LogP) is 0.632. The summed E-state index contributed by atoms with van der Waals surface area (Å²) < 4.78 is 13.8. The minimum Gasteiger partial charge on any atom is -0.393 e. The van der Waals surface area contributed by atoms with Crippen molar-refractivity contribution in [3.63, 3.8) is 0 Å². The lowest BCUT2D eigenvalue weighted by molar-refractivity contribution is 0.0953. The molecular weight excluding hydrogens is 261 g/mol. The zero-order chi connectivity index (χ0) is 14.7. The molecule has 1 aliphatic heterocycles. The average molecular weight is 281 g/mol. The number of hydrazine groups is 1. The van der Waals surface area contributed by atoms with Crippen LogP contribution in [0.25, 0.3) is 0 Å². The van der Waals surface area contributed by atoms with Crippen molar-refractivity contribution in [2.45, 2.75) is 26.0 Å². The Kier molecular flexibility index (Phi) is 4.69. The first-order valence-corrected chi connectivity index (χ1v) is 6.71. The second-order valence-electron chi connectivity index (χ2n) is 5.30. The van der Waals surface area contributed by atoms with Crippen LogP contribution in [0.4, 0.5) is 4.39 Å². The van der Waals surface area contributed by atoms with E-state index in [1.165, 1.54) is 18.2 Å². The van der Waals surface area contributed by atoms with Gasteiger partial charge in [0, 0.05) is 24.2 Å². The molecule has 2 unspecified atom stereocenters. The number of hydrogen-bond donors (Lipinski definition) is 3. The average Bonchev–Trinajstić information content (AvgIpc) is 2.89. The molecule has 1 heterocycles. The number of benzene rings is 1. The molecule has 1 aliphatic rings. The van der Waals surface area contributed by atoms with Crippen molar-refractivity contribution in [1.29, 1.82) is 0 Å². The predicted molar refractivity (Wildman–Crippen MR) is 73.1 cm³/mol. The molecule has 0 aromatic heterocycles. The molecule has 0 bridgehead atoms. The third-order valence-electron chi connectivity index (χ3n) is 3.82. The highest BCUT2D eigenvalue weighted by atomic mass is 19.1. The summed E-state index contributed by atoms with van der Waals surface area (Å²) in [5.74, 6) is 4.54. The fraction of sp³-hybridized carbons (Fsp3) is 0.500. The number of nitrogens with one attached hydrogen (secondary N) is 1. The Hall–Kier alpha value is -1.50. The molecule has 2 atom stereocenters. The Morgan fingerprint density at radius 1 is 1.65 bits per heavy atom. The summed E-state index contributed by atoms with van der Waals surface area (Å²) in [6, 6.07) is 4.21. The lowest BCUT2D eigenvalue weighted by atomic mass is 10.0. The topological polar surface area (TPSA) is 78.6 Å². The maximum atomic E-state index is 13.8. The van der Waals surface area contributed by atoms with Crippen molar-refractivity contribution in [2.75, 3.05) is 13.1 Å². The molecule has 20 heavy (non-hydrogen) atoms. The normalized spacial score (nSPS) is 20.9. The highest BCUT2D eigenvalue weighted by Crippen LogP contribution is 2.22. The number of nitrogens with zero attached hydrogens (tertiary/aromatic N) is 1. The van der Waals surface area contributed by atoms with E-state index in [0.717, 1.165) is 19.5 Å². The van der Waals surface area contributed by atoms with Crippen LogP contribution in [0.1, 0.15) is 29.3 Å². The van der Waals surface area contributed by atoms with E-state index in [1.54, 1.807) is 6.92 Å². The van der Waals surface area contributed by atoms with Crippen LogP contribution in [0, 0.1) is 11.7 Å². The standard InChI is InChI=1S/C14H20FN3O2/c1-9(19)11-4-5-18(7-11)8-12-6-10(14(20)17-16)2-3-13(12)15/h2-3,6,9,11,19H,4-5,7-8,16H2,1H3,(H,17,20). The summed E-state index contributed by atoms with van der Waals surface area (Å²) in [7, 11) is 0. The number of carbonyl (C=O) groups is 1. The maximum Gasteiger partial charge on any atom is 0.265 e. The first-order valence-electron chi connectivity index (χ1n) is 6.71. The Labute approximate surface area is 117 Å². The van der Waals surface area contributed by atoms with Crippen LogP contribution in [0.5, 0.6) is 0 Å². The van der Waals surface area contributed by atoms with Gasteiger partial charge in [-0.2, -0.15) is 0 Å². The third kappa shape index (κ3) is 3.33. The van der Waals surface area contributed by atoms with Gasteiger partial charge in [0.25, 0.3) is 5.91 Å². The van der Waals surface area contributed by atoms with E-state index in [9.17, 15) is 14.3 Å². The van der Waals surface area contributed by atoms with Crippen molar-refractivity contribution >= 4 is 5.91 Å². The Balaban J connectivity index is 2.08. The number of halogens is 1. The summed E-state index contributed by atoms with van der Waals surface area (Å²) in [5, 5.41) is 9.57. The maximum absolute atomic E-state index is 13.8. The molecule has 0 radical (unpaired) electrons. The highest BCUT2D eigenvalue weighted by molar-refractivity contribution is 5.93. The van der Waals surface area contributed by atoms with Crippen molar-refractivity contribution in [2.24, 2.45) is 11.8 Å². The number of likely N-dealkylation sites (tertiary alicyclic amines) is 1. The van der Waals surface area contributed by atoms with E-state index in [-0.39, 0.29) is 17.8 Å². The van der Waals surface area contributed by atoms with Crippen LogP contribution in [0.2, 0.25) is 0 Å². The van der Waals surface area contributed by atoms with Crippen molar-refractivity contribution < 1.29 is 14.3 Å². The van der Waals surface area contributed by atoms with Gasteiger partial charge in [-0.15, -0.1) is 0 Å². The van der Waals surface area contributed by atoms with E-state index in [4.69, 9.17) is 5.84 Å².